The number of likely N-dealkylation sites (tertiary alicyclic amines) is 1. The van der Waals surface area contributed by atoms with Gasteiger partial charge >= 0.3 is 0 Å². The first-order chi connectivity index (χ1) is 9.72. The van der Waals surface area contributed by atoms with Gasteiger partial charge in [0.1, 0.15) is 0 Å². The largest absolute Gasteiger partial charge is 0.299 e. The summed E-state index contributed by atoms with van der Waals surface area (Å²) in [5.74, 6) is 0.937. The Morgan fingerprint density at radius 3 is 2.85 bits per heavy atom. The highest BCUT2D eigenvalue weighted by Gasteiger charge is 2.16. The van der Waals surface area contributed by atoms with E-state index in [4.69, 9.17) is 5.26 Å². The van der Waals surface area contributed by atoms with Crippen LogP contribution in [-0.2, 0) is 6.54 Å². The molecule has 1 saturated heterocycles. The number of hydrogen-bond donors (Lipinski definition) is 0. The third-order valence-corrected chi connectivity index (χ3v) is 4.50. The van der Waals surface area contributed by atoms with Crippen LogP contribution >= 0.6 is 0 Å². The monoisotopic (exact) mass is 270 g/mol. The Bertz CT molecular complexity index is 473. The van der Waals surface area contributed by atoms with E-state index >= 15 is 0 Å². The fourth-order valence-corrected chi connectivity index (χ4v) is 3.26. The highest BCUT2D eigenvalue weighted by atomic mass is 15.1. The van der Waals surface area contributed by atoms with Gasteiger partial charge in [-0.25, -0.2) is 0 Å². The van der Waals surface area contributed by atoms with E-state index in [9.17, 15) is 0 Å². The minimum Gasteiger partial charge on any atom is -0.299 e. The molecule has 1 atom stereocenters. The van der Waals surface area contributed by atoms with E-state index in [1.807, 2.05) is 12.1 Å². The maximum Gasteiger partial charge on any atom is 0.0991 e. The second kappa shape index (κ2) is 7.45. The molecule has 2 rings (SSSR count). The Kier molecular flexibility index (Phi) is 5.61. The fraction of sp³-hybridized carbons (Fsp3) is 0.611. The van der Waals surface area contributed by atoms with Gasteiger partial charge in [-0.05, 0) is 68.5 Å². The van der Waals surface area contributed by atoms with Crippen LogP contribution in [0, 0.1) is 24.2 Å². The van der Waals surface area contributed by atoms with Crippen molar-refractivity contribution >= 4 is 0 Å². The van der Waals surface area contributed by atoms with Gasteiger partial charge in [0.15, 0.2) is 0 Å². The molecule has 0 bridgehead atoms. The van der Waals surface area contributed by atoms with Gasteiger partial charge in [-0.15, -0.1) is 0 Å². The van der Waals surface area contributed by atoms with Crippen molar-refractivity contribution in [2.75, 3.05) is 13.1 Å². The van der Waals surface area contributed by atoms with Gasteiger partial charge in [0.05, 0.1) is 11.6 Å². The molecular formula is C18H26N2. The lowest BCUT2D eigenvalue weighted by Crippen LogP contribution is -2.24. The van der Waals surface area contributed by atoms with E-state index in [-0.39, 0.29) is 0 Å². The summed E-state index contributed by atoms with van der Waals surface area (Å²) in [4.78, 5) is 2.59. The Morgan fingerprint density at radius 2 is 2.15 bits per heavy atom. The predicted octanol–water partition coefficient (Wildman–Crippen LogP) is 4.27. The van der Waals surface area contributed by atoms with E-state index in [0.717, 1.165) is 18.0 Å². The fourth-order valence-electron chi connectivity index (χ4n) is 3.26. The lowest BCUT2D eigenvalue weighted by atomic mass is 9.96. The topological polar surface area (TPSA) is 27.0 Å². The summed E-state index contributed by atoms with van der Waals surface area (Å²) in [5, 5.41) is 8.93. The molecule has 1 aliphatic heterocycles. The predicted molar refractivity (Wildman–Crippen MR) is 83.4 cm³/mol. The van der Waals surface area contributed by atoms with Crippen molar-refractivity contribution in [2.24, 2.45) is 5.92 Å². The Labute approximate surface area is 123 Å². The van der Waals surface area contributed by atoms with Gasteiger partial charge in [0.25, 0.3) is 0 Å². The molecule has 2 nitrogen and oxygen atoms in total. The molecule has 2 heteroatoms. The molecule has 1 fully saturated rings. The van der Waals surface area contributed by atoms with Crippen LogP contribution < -0.4 is 0 Å². The summed E-state index contributed by atoms with van der Waals surface area (Å²) in [6.07, 6.45) is 6.79. The Balaban J connectivity index is 1.95. The summed E-state index contributed by atoms with van der Waals surface area (Å²) in [6.45, 7) is 7.90. The number of rotatable bonds is 4. The standard InChI is InChI=1S/C18H26N2/c1-3-5-16-6-4-10-20(11-9-16)14-18-8-7-17(13-19)12-15(18)2/h7-8,12,16H,3-6,9-11,14H2,1-2H3. The zero-order valence-corrected chi connectivity index (χ0v) is 12.9. The maximum absolute atomic E-state index is 8.93. The lowest BCUT2D eigenvalue weighted by molar-refractivity contribution is 0.271. The number of benzene rings is 1. The molecule has 0 aliphatic carbocycles. The summed E-state index contributed by atoms with van der Waals surface area (Å²) < 4.78 is 0. The van der Waals surface area contributed by atoms with Crippen molar-refractivity contribution in [1.29, 1.82) is 5.26 Å². The van der Waals surface area contributed by atoms with Crippen LogP contribution in [-0.4, -0.2) is 18.0 Å². The first-order valence-corrected chi connectivity index (χ1v) is 7.95. The normalized spacial score (nSPS) is 20.4. The van der Waals surface area contributed by atoms with Crippen molar-refractivity contribution in [3.05, 3.63) is 34.9 Å². The zero-order chi connectivity index (χ0) is 14.4. The van der Waals surface area contributed by atoms with Crippen LogP contribution in [0.25, 0.3) is 0 Å². The SMILES string of the molecule is CCCC1CCCN(Cc2ccc(C#N)cc2C)CC1. The molecule has 0 radical (unpaired) electrons. The second-order valence-electron chi connectivity index (χ2n) is 6.11. The van der Waals surface area contributed by atoms with E-state index in [2.05, 4.69) is 30.9 Å². The molecule has 1 aliphatic rings. The molecule has 1 aromatic rings. The molecule has 1 heterocycles. The number of aryl methyl sites for hydroxylation is 1. The number of hydrogen-bond acceptors (Lipinski definition) is 2. The molecule has 108 valence electrons. The average Bonchev–Trinajstić information content (AvgIpc) is 2.67. The minimum atomic E-state index is 0.769. The first kappa shape index (κ1) is 15.1. The molecule has 0 saturated carbocycles. The summed E-state index contributed by atoms with van der Waals surface area (Å²) in [7, 11) is 0. The average molecular weight is 270 g/mol. The van der Waals surface area contributed by atoms with Crippen LogP contribution in [0.1, 0.15) is 55.7 Å². The lowest BCUT2D eigenvalue weighted by Gasteiger charge is -2.21. The van der Waals surface area contributed by atoms with E-state index in [1.165, 1.54) is 56.3 Å². The molecule has 20 heavy (non-hydrogen) atoms. The maximum atomic E-state index is 8.93. The molecular weight excluding hydrogens is 244 g/mol. The van der Waals surface area contributed by atoms with Crippen molar-refractivity contribution in [3.8, 4) is 6.07 Å². The summed E-state index contributed by atoms with van der Waals surface area (Å²) in [6, 6.07) is 8.29. The smallest absolute Gasteiger partial charge is 0.0991 e. The van der Waals surface area contributed by atoms with Crippen LogP contribution in [0.4, 0.5) is 0 Å². The van der Waals surface area contributed by atoms with Crippen LogP contribution in [0.3, 0.4) is 0 Å². The van der Waals surface area contributed by atoms with Crippen molar-refractivity contribution in [2.45, 2.75) is 52.5 Å². The Hall–Kier alpha value is -1.33. The number of nitriles is 1. The van der Waals surface area contributed by atoms with Crippen LogP contribution in [0.2, 0.25) is 0 Å². The number of nitrogens with zero attached hydrogens (tertiary/aromatic N) is 2. The third-order valence-electron chi connectivity index (χ3n) is 4.50. The van der Waals surface area contributed by atoms with Crippen molar-refractivity contribution in [1.82, 2.24) is 4.90 Å². The van der Waals surface area contributed by atoms with E-state index in [1.54, 1.807) is 0 Å². The molecule has 0 aromatic heterocycles. The van der Waals surface area contributed by atoms with Gasteiger partial charge in [0, 0.05) is 6.54 Å². The van der Waals surface area contributed by atoms with Gasteiger partial charge < -0.3 is 0 Å². The van der Waals surface area contributed by atoms with Gasteiger partial charge in [-0.1, -0.05) is 25.8 Å². The summed E-state index contributed by atoms with van der Waals surface area (Å²) in [5.41, 5.74) is 3.39. The van der Waals surface area contributed by atoms with Gasteiger partial charge in [-0.3, -0.25) is 4.90 Å². The van der Waals surface area contributed by atoms with Crippen LogP contribution in [0.15, 0.2) is 18.2 Å². The molecule has 0 N–H and O–H groups in total. The Morgan fingerprint density at radius 1 is 1.30 bits per heavy atom. The zero-order valence-electron chi connectivity index (χ0n) is 12.9. The summed E-state index contributed by atoms with van der Waals surface area (Å²) >= 11 is 0. The molecule has 1 unspecified atom stereocenters. The van der Waals surface area contributed by atoms with E-state index in [0.29, 0.717) is 0 Å². The molecule has 1 aromatic carbocycles. The van der Waals surface area contributed by atoms with E-state index < -0.39 is 0 Å². The highest BCUT2D eigenvalue weighted by Crippen LogP contribution is 2.23. The first-order valence-electron chi connectivity index (χ1n) is 7.95. The van der Waals surface area contributed by atoms with Crippen molar-refractivity contribution in [3.63, 3.8) is 0 Å². The van der Waals surface area contributed by atoms with Gasteiger partial charge in [0.2, 0.25) is 0 Å². The second-order valence-corrected chi connectivity index (χ2v) is 6.11. The molecule has 0 spiro atoms. The van der Waals surface area contributed by atoms with Gasteiger partial charge in [-0.2, -0.15) is 5.26 Å². The highest BCUT2D eigenvalue weighted by molar-refractivity contribution is 5.37. The minimum absolute atomic E-state index is 0.769. The third kappa shape index (κ3) is 4.08. The molecule has 0 amide bonds. The van der Waals surface area contributed by atoms with Crippen LogP contribution in [0.5, 0.6) is 0 Å². The van der Waals surface area contributed by atoms with Crippen molar-refractivity contribution < 1.29 is 0 Å². The quantitative estimate of drug-likeness (QED) is 0.817.